The number of amidine groups is 1. The molecule has 45 heavy (non-hydrogen) atoms. The fraction of sp³-hybridized carbons (Fsp3) is 0.222. The fourth-order valence-electron chi connectivity index (χ4n) is 5.45. The van der Waals surface area contributed by atoms with E-state index in [1.807, 2.05) is 72.8 Å². The Morgan fingerprint density at radius 3 is 2.29 bits per heavy atom. The van der Waals surface area contributed by atoms with Gasteiger partial charge in [0.25, 0.3) is 0 Å². The summed E-state index contributed by atoms with van der Waals surface area (Å²) in [5.41, 5.74) is 3.59. The summed E-state index contributed by atoms with van der Waals surface area (Å²) in [7, 11) is 1.37. The predicted octanol–water partition coefficient (Wildman–Crippen LogP) is 9.63. The number of methoxy groups -OCH3 is 1. The normalized spacial score (nSPS) is 16.7. The van der Waals surface area contributed by atoms with Crippen molar-refractivity contribution >= 4 is 41.1 Å². The van der Waals surface area contributed by atoms with Crippen LogP contribution in [0.4, 0.5) is 13.2 Å². The zero-order valence-corrected chi connectivity index (χ0v) is 26.3. The maximum Gasteiger partial charge on any atom is 0.416 e. The standard InChI is InChI=1S/C36H31Cl2F3N2O2/c1-3-35(31-17-16-30(37)21-32(31)38)23-43(22-26-9-7-25(8-10-26)19-34(44)45-2)33(42-35)18-13-24-11-14-27(15-12-24)28-5-4-6-29(20-28)36(39,40)41/h4-18,20-21H,3,19,22-23H2,1-2H3/b18-13+. The second-order valence-electron chi connectivity index (χ2n) is 10.9. The van der Waals surface area contributed by atoms with Gasteiger partial charge in [-0.15, -0.1) is 0 Å². The predicted molar refractivity (Wildman–Crippen MR) is 174 cm³/mol. The highest BCUT2D eigenvalue weighted by Crippen LogP contribution is 2.41. The van der Waals surface area contributed by atoms with E-state index >= 15 is 0 Å². The third-order valence-corrected chi connectivity index (χ3v) is 8.50. The monoisotopic (exact) mass is 650 g/mol. The number of hydrogen-bond donors (Lipinski definition) is 0. The Balaban J connectivity index is 1.43. The van der Waals surface area contributed by atoms with E-state index in [0.29, 0.717) is 40.7 Å². The van der Waals surface area contributed by atoms with E-state index in [1.54, 1.807) is 12.1 Å². The first-order valence-electron chi connectivity index (χ1n) is 14.4. The van der Waals surface area contributed by atoms with Gasteiger partial charge >= 0.3 is 12.1 Å². The minimum absolute atomic E-state index is 0.205. The van der Waals surface area contributed by atoms with Gasteiger partial charge in [0.1, 0.15) is 11.4 Å². The number of carbonyl (C=O) groups is 1. The number of nitrogens with zero attached hydrogens (tertiary/aromatic N) is 2. The Kier molecular flexibility index (Phi) is 9.70. The number of ether oxygens (including phenoxy) is 1. The average molecular weight is 652 g/mol. The lowest BCUT2D eigenvalue weighted by molar-refractivity contribution is -0.140. The van der Waals surface area contributed by atoms with Crippen molar-refractivity contribution in [1.82, 2.24) is 4.90 Å². The first-order chi connectivity index (χ1) is 21.5. The van der Waals surface area contributed by atoms with Crippen molar-refractivity contribution in [3.63, 3.8) is 0 Å². The summed E-state index contributed by atoms with van der Waals surface area (Å²) in [5, 5.41) is 1.10. The molecule has 0 aliphatic carbocycles. The molecular weight excluding hydrogens is 620 g/mol. The van der Waals surface area contributed by atoms with Crippen LogP contribution in [0.25, 0.3) is 17.2 Å². The molecule has 1 aliphatic heterocycles. The Hall–Kier alpha value is -4.07. The molecule has 0 saturated heterocycles. The zero-order chi connectivity index (χ0) is 32.2. The van der Waals surface area contributed by atoms with Crippen LogP contribution >= 0.6 is 23.2 Å². The maximum absolute atomic E-state index is 13.2. The first-order valence-corrected chi connectivity index (χ1v) is 15.2. The van der Waals surface area contributed by atoms with Crippen molar-refractivity contribution in [2.24, 2.45) is 4.99 Å². The van der Waals surface area contributed by atoms with E-state index in [-0.39, 0.29) is 12.4 Å². The van der Waals surface area contributed by atoms with Gasteiger partial charge in [0.05, 0.1) is 19.1 Å². The Bertz CT molecular complexity index is 1730. The highest BCUT2D eigenvalue weighted by molar-refractivity contribution is 6.35. The second-order valence-corrected chi connectivity index (χ2v) is 11.8. The lowest BCUT2D eigenvalue weighted by Crippen LogP contribution is -2.33. The number of esters is 1. The molecule has 1 unspecified atom stereocenters. The largest absolute Gasteiger partial charge is 0.469 e. The van der Waals surface area contributed by atoms with Gasteiger partial charge in [-0.2, -0.15) is 13.2 Å². The first kappa shape index (κ1) is 32.3. The molecule has 1 aliphatic rings. The van der Waals surface area contributed by atoms with Crippen molar-refractivity contribution in [3.05, 3.63) is 135 Å². The number of rotatable bonds is 9. The van der Waals surface area contributed by atoms with Gasteiger partial charge in [0, 0.05) is 28.7 Å². The Morgan fingerprint density at radius 2 is 1.64 bits per heavy atom. The molecule has 5 rings (SSSR count). The van der Waals surface area contributed by atoms with Gasteiger partial charge in [-0.3, -0.25) is 9.79 Å². The van der Waals surface area contributed by atoms with E-state index in [0.717, 1.165) is 40.2 Å². The van der Waals surface area contributed by atoms with Crippen LogP contribution in [0.1, 0.15) is 41.2 Å². The van der Waals surface area contributed by atoms with Gasteiger partial charge < -0.3 is 9.64 Å². The Morgan fingerprint density at radius 1 is 0.933 bits per heavy atom. The molecule has 0 fully saturated rings. The molecule has 0 N–H and O–H groups in total. The van der Waals surface area contributed by atoms with Gasteiger partial charge in [0.15, 0.2) is 0 Å². The number of alkyl halides is 3. The lowest BCUT2D eigenvalue weighted by Gasteiger charge is -2.28. The number of hydrogen-bond acceptors (Lipinski definition) is 4. The third kappa shape index (κ3) is 7.60. The van der Waals surface area contributed by atoms with Gasteiger partial charge in [0.2, 0.25) is 0 Å². The molecule has 4 aromatic rings. The van der Waals surface area contributed by atoms with Crippen molar-refractivity contribution < 1.29 is 22.7 Å². The quantitative estimate of drug-likeness (QED) is 0.169. The molecule has 0 aromatic heterocycles. The summed E-state index contributed by atoms with van der Waals surface area (Å²) >= 11 is 12.9. The highest BCUT2D eigenvalue weighted by atomic mass is 35.5. The third-order valence-electron chi connectivity index (χ3n) is 7.95. The van der Waals surface area contributed by atoms with Crippen LogP contribution in [-0.4, -0.2) is 30.4 Å². The van der Waals surface area contributed by atoms with Crippen molar-refractivity contribution in [2.75, 3.05) is 13.7 Å². The minimum atomic E-state index is -4.40. The molecule has 1 atom stereocenters. The summed E-state index contributed by atoms with van der Waals surface area (Å²) in [6.07, 6.45) is 0.395. The molecule has 0 radical (unpaired) electrons. The van der Waals surface area contributed by atoms with Crippen LogP contribution in [0.5, 0.6) is 0 Å². The molecule has 0 saturated carbocycles. The molecule has 0 bridgehead atoms. The highest BCUT2D eigenvalue weighted by Gasteiger charge is 2.40. The van der Waals surface area contributed by atoms with Crippen molar-refractivity contribution in [1.29, 1.82) is 0 Å². The molecule has 232 valence electrons. The van der Waals surface area contributed by atoms with Crippen molar-refractivity contribution in [2.45, 2.75) is 38.0 Å². The van der Waals surface area contributed by atoms with Crippen molar-refractivity contribution in [3.8, 4) is 11.1 Å². The number of halogens is 5. The minimum Gasteiger partial charge on any atom is -0.469 e. The molecular formula is C36H31Cl2F3N2O2. The molecule has 4 aromatic carbocycles. The van der Waals surface area contributed by atoms with Crippen LogP contribution in [-0.2, 0) is 34.2 Å². The number of aliphatic imine (C=N–C) groups is 1. The molecule has 4 nitrogen and oxygen atoms in total. The molecule has 1 heterocycles. The van der Waals surface area contributed by atoms with Crippen LogP contribution in [0.3, 0.4) is 0 Å². The van der Waals surface area contributed by atoms with Crippen LogP contribution in [0.15, 0.2) is 102 Å². The summed E-state index contributed by atoms with van der Waals surface area (Å²) in [6.45, 7) is 3.24. The van der Waals surface area contributed by atoms with Gasteiger partial charge in [-0.25, -0.2) is 0 Å². The SMILES string of the molecule is CCC1(c2ccc(Cl)cc2Cl)CN(Cc2ccc(CC(=O)OC)cc2)C(/C=C/c2ccc(-c3cccc(C(F)(F)F)c3)cc2)=N1. The van der Waals surface area contributed by atoms with Gasteiger partial charge in [-0.05, 0) is 64.6 Å². The topological polar surface area (TPSA) is 41.9 Å². The van der Waals surface area contributed by atoms with E-state index in [4.69, 9.17) is 32.9 Å². The van der Waals surface area contributed by atoms with Gasteiger partial charge in [-0.1, -0.05) is 103 Å². The fourth-order valence-corrected chi connectivity index (χ4v) is 6.03. The zero-order valence-electron chi connectivity index (χ0n) is 24.7. The average Bonchev–Trinajstić information content (AvgIpc) is 3.38. The van der Waals surface area contributed by atoms with Crippen LogP contribution in [0.2, 0.25) is 10.0 Å². The molecule has 9 heteroatoms. The summed E-state index contributed by atoms with van der Waals surface area (Å²) in [6, 6.07) is 26.0. The lowest BCUT2D eigenvalue weighted by atomic mass is 9.88. The maximum atomic E-state index is 13.2. The second kappa shape index (κ2) is 13.5. The summed E-state index contributed by atoms with van der Waals surface area (Å²) in [4.78, 5) is 19.1. The number of carbonyl (C=O) groups excluding carboxylic acids is 1. The summed E-state index contributed by atoms with van der Waals surface area (Å²) < 4.78 is 44.4. The van der Waals surface area contributed by atoms with Crippen LogP contribution < -0.4 is 0 Å². The van der Waals surface area contributed by atoms with Crippen LogP contribution in [0, 0.1) is 0 Å². The van der Waals surface area contributed by atoms with E-state index in [9.17, 15) is 18.0 Å². The number of benzene rings is 4. The molecule has 0 spiro atoms. The molecule has 0 amide bonds. The van der Waals surface area contributed by atoms with E-state index in [2.05, 4.69) is 11.8 Å². The Labute approximate surface area is 270 Å². The van der Waals surface area contributed by atoms with E-state index < -0.39 is 17.3 Å². The van der Waals surface area contributed by atoms with E-state index in [1.165, 1.54) is 13.2 Å². The summed E-state index contributed by atoms with van der Waals surface area (Å²) in [5.74, 6) is 0.473. The smallest absolute Gasteiger partial charge is 0.416 e.